The van der Waals surface area contributed by atoms with E-state index in [-0.39, 0.29) is 5.91 Å². The summed E-state index contributed by atoms with van der Waals surface area (Å²) in [5.74, 6) is 5.46. The normalized spacial score (nSPS) is 19.0. The number of methoxy groups -OCH3 is 1. The Bertz CT molecular complexity index is 453. The predicted octanol–water partition coefficient (Wildman–Crippen LogP) is 0.390. The topological polar surface area (TPSA) is 76.8 Å². The first-order chi connectivity index (χ1) is 9.72. The molecule has 6 heteroatoms. The first-order valence-corrected chi connectivity index (χ1v) is 6.72. The molecule has 0 spiro atoms. The molecule has 0 bridgehead atoms. The highest BCUT2D eigenvalue weighted by molar-refractivity contribution is 5.94. The van der Waals surface area contributed by atoms with Crippen molar-refractivity contribution in [1.29, 1.82) is 0 Å². The molecule has 1 amide bonds. The van der Waals surface area contributed by atoms with Crippen LogP contribution in [0, 0.1) is 0 Å². The SMILES string of the molecule is COC1CCN(CCOc2cccc(C(=O)NN)c2)C1. The zero-order chi connectivity index (χ0) is 14.4. The molecule has 1 unspecified atom stereocenters. The molecule has 3 N–H and O–H groups in total. The molecule has 2 rings (SSSR count). The number of rotatable bonds is 6. The van der Waals surface area contributed by atoms with E-state index in [1.807, 2.05) is 6.07 Å². The molecule has 0 aromatic heterocycles. The maximum absolute atomic E-state index is 11.4. The summed E-state index contributed by atoms with van der Waals surface area (Å²) in [6.07, 6.45) is 1.41. The number of nitrogens with two attached hydrogens (primary N) is 1. The third-order valence-corrected chi connectivity index (χ3v) is 3.47. The van der Waals surface area contributed by atoms with Crippen LogP contribution in [-0.4, -0.2) is 50.3 Å². The van der Waals surface area contributed by atoms with Gasteiger partial charge in [0.2, 0.25) is 0 Å². The van der Waals surface area contributed by atoms with Gasteiger partial charge in [0.15, 0.2) is 0 Å². The van der Waals surface area contributed by atoms with Crippen molar-refractivity contribution in [3.05, 3.63) is 29.8 Å². The summed E-state index contributed by atoms with van der Waals surface area (Å²) in [6.45, 7) is 3.43. The molecule has 1 saturated heterocycles. The van der Waals surface area contributed by atoms with Crippen molar-refractivity contribution in [3.63, 3.8) is 0 Å². The summed E-state index contributed by atoms with van der Waals surface area (Å²) in [5.41, 5.74) is 2.60. The molecule has 0 saturated carbocycles. The van der Waals surface area contributed by atoms with Gasteiger partial charge in [-0.1, -0.05) is 6.07 Å². The van der Waals surface area contributed by atoms with E-state index in [9.17, 15) is 4.79 Å². The molecule has 1 atom stereocenters. The minimum absolute atomic E-state index is 0.321. The lowest BCUT2D eigenvalue weighted by Crippen LogP contribution is -2.30. The van der Waals surface area contributed by atoms with E-state index in [0.717, 1.165) is 26.1 Å². The number of nitrogen functional groups attached to an aromatic ring is 1. The van der Waals surface area contributed by atoms with Crippen LogP contribution < -0.4 is 16.0 Å². The maximum atomic E-state index is 11.4. The van der Waals surface area contributed by atoms with Crippen LogP contribution >= 0.6 is 0 Å². The van der Waals surface area contributed by atoms with Gasteiger partial charge < -0.3 is 9.47 Å². The number of benzene rings is 1. The molecule has 20 heavy (non-hydrogen) atoms. The van der Waals surface area contributed by atoms with Gasteiger partial charge in [0.1, 0.15) is 12.4 Å². The molecule has 110 valence electrons. The van der Waals surface area contributed by atoms with Gasteiger partial charge in [-0.3, -0.25) is 15.1 Å². The Hall–Kier alpha value is -1.63. The van der Waals surface area contributed by atoms with Crippen molar-refractivity contribution in [2.75, 3.05) is 33.4 Å². The standard InChI is InChI=1S/C14H21N3O3/c1-19-13-5-6-17(10-13)7-8-20-12-4-2-3-11(9-12)14(18)16-15/h2-4,9,13H,5-8,10,15H2,1H3,(H,16,18). The summed E-state index contributed by atoms with van der Waals surface area (Å²) in [7, 11) is 1.75. The van der Waals surface area contributed by atoms with Crippen LogP contribution in [0.15, 0.2) is 24.3 Å². The van der Waals surface area contributed by atoms with Gasteiger partial charge in [-0.05, 0) is 24.6 Å². The molecule has 1 aromatic rings. The van der Waals surface area contributed by atoms with Crippen molar-refractivity contribution < 1.29 is 14.3 Å². The summed E-state index contributed by atoms with van der Waals surface area (Å²) in [4.78, 5) is 13.7. The highest BCUT2D eigenvalue weighted by atomic mass is 16.5. The zero-order valence-electron chi connectivity index (χ0n) is 11.7. The number of hydrogen-bond acceptors (Lipinski definition) is 5. The fourth-order valence-electron chi connectivity index (χ4n) is 2.30. The van der Waals surface area contributed by atoms with Crippen molar-refractivity contribution in [1.82, 2.24) is 10.3 Å². The summed E-state index contributed by atoms with van der Waals surface area (Å²) in [5, 5.41) is 0. The first kappa shape index (κ1) is 14.8. The van der Waals surface area contributed by atoms with Crippen molar-refractivity contribution in [2.45, 2.75) is 12.5 Å². The van der Waals surface area contributed by atoms with Crippen molar-refractivity contribution >= 4 is 5.91 Å². The third-order valence-electron chi connectivity index (χ3n) is 3.47. The quantitative estimate of drug-likeness (QED) is 0.447. The number of amides is 1. The van der Waals surface area contributed by atoms with E-state index < -0.39 is 0 Å². The second kappa shape index (κ2) is 7.23. The summed E-state index contributed by atoms with van der Waals surface area (Å²) < 4.78 is 11.0. The largest absolute Gasteiger partial charge is 0.492 e. The van der Waals surface area contributed by atoms with Gasteiger partial charge in [0, 0.05) is 32.3 Å². The number of ether oxygens (including phenoxy) is 2. The number of carbonyl (C=O) groups is 1. The number of carbonyl (C=O) groups excluding carboxylic acids is 1. The highest BCUT2D eigenvalue weighted by Crippen LogP contribution is 2.14. The van der Waals surface area contributed by atoms with Crippen LogP contribution in [0.3, 0.4) is 0 Å². The average molecular weight is 279 g/mol. The van der Waals surface area contributed by atoms with E-state index >= 15 is 0 Å². The van der Waals surface area contributed by atoms with E-state index in [2.05, 4.69) is 10.3 Å². The van der Waals surface area contributed by atoms with Gasteiger partial charge in [-0.2, -0.15) is 0 Å². The predicted molar refractivity (Wildman–Crippen MR) is 75.4 cm³/mol. The number of nitrogens with one attached hydrogen (secondary N) is 1. The molecule has 1 aliphatic rings. The lowest BCUT2D eigenvalue weighted by atomic mass is 10.2. The van der Waals surface area contributed by atoms with Crippen molar-refractivity contribution in [3.8, 4) is 5.75 Å². The number of hydrogen-bond donors (Lipinski definition) is 2. The van der Waals surface area contributed by atoms with E-state index in [1.165, 1.54) is 0 Å². The van der Waals surface area contributed by atoms with Crippen LogP contribution in [0.1, 0.15) is 16.8 Å². The Balaban J connectivity index is 1.78. The Kier molecular flexibility index (Phi) is 5.34. The number of nitrogens with zero attached hydrogens (tertiary/aromatic N) is 1. The number of likely N-dealkylation sites (tertiary alicyclic amines) is 1. The molecule has 0 aliphatic carbocycles. The maximum Gasteiger partial charge on any atom is 0.265 e. The van der Waals surface area contributed by atoms with Gasteiger partial charge in [0.05, 0.1) is 6.10 Å². The van der Waals surface area contributed by atoms with Crippen molar-refractivity contribution in [2.24, 2.45) is 5.84 Å². The smallest absolute Gasteiger partial charge is 0.265 e. The highest BCUT2D eigenvalue weighted by Gasteiger charge is 2.21. The summed E-state index contributed by atoms with van der Waals surface area (Å²) in [6, 6.07) is 6.98. The van der Waals surface area contributed by atoms with Gasteiger partial charge in [0.25, 0.3) is 5.91 Å². The second-order valence-electron chi connectivity index (χ2n) is 4.80. The first-order valence-electron chi connectivity index (χ1n) is 6.72. The molecule has 1 fully saturated rings. The second-order valence-corrected chi connectivity index (χ2v) is 4.80. The van der Waals surface area contributed by atoms with Crippen LogP contribution in [0.25, 0.3) is 0 Å². The Morgan fingerprint density at radius 2 is 2.40 bits per heavy atom. The molecule has 1 heterocycles. The van der Waals surface area contributed by atoms with Gasteiger partial charge >= 0.3 is 0 Å². The monoisotopic (exact) mass is 279 g/mol. The molecular weight excluding hydrogens is 258 g/mol. The minimum atomic E-state index is -0.321. The minimum Gasteiger partial charge on any atom is -0.492 e. The number of hydrazine groups is 1. The van der Waals surface area contributed by atoms with Crippen LogP contribution in [-0.2, 0) is 4.74 Å². The fraction of sp³-hybridized carbons (Fsp3) is 0.500. The van der Waals surface area contributed by atoms with Crippen LogP contribution in [0.5, 0.6) is 5.75 Å². The lowest BCUT2D eigenvalue weighted by molar-refractivity contribution is 0.0952. The Morgan fingerprint density at radius 1 is 1.55 bits per heavy atom. The fourth-order valence-corrected chi connectivity index (χ4v) is 2.30. The molecule has 0 radical (unpaired) electrons. The third kappa shape index (κ3) is 3.93. The molecule has 1 aromatic carbocycles. The molecule has 1 aliphatic heterocycles. The summed E-state index contributed by atoms with van der Waals surface area (Å²) >= 11 is 0. The van der Waals surface area contributed by atoms with E-state index in [0.29, 0.717) is 24.0 Å². The zero-order valence-corrected chi connectivity index (χ0v) is 11.7. The molecule has 6 nitrogen and oxygen atoms in total. The van der Waals surface area contributed by atoms with E-state index in [1.54, 1.807) is 25.3 Å². The Morgan fingerprint density at radius 3 is 3.10 bits per heavy atom. The van der Waals surface area contributed by atoms with Gasteiger partial charge in [-0.15, -0.1) is 0 Å². The molecular formula is C14H21N3O3. The van der Waals surface area contributed by atoms with Crippen LogP contribution in [0.4, 0.5) is 0 Å². The average Bonchev–Trinajstić information content (AvgIpc) is 2.95. The Labute approximate surface area is 118 Å². The van der Waals surface area contributed by atoms with Gasteiger partial charge in [-0.25, -0.2) is 5.84 Å². The van der Waals surface area contributed by atoms with Crippen LogP contribution in [0.2, 0.25) is 0 Å². The lowest BCUT2D eigenvalue weighted by Gasteiger charge is -2.16. The van der Waals surface area contributed by atoms with E-state index in [4.69, 9.17) is 15.3 Å².